The molecule has 0 aliphatic heterocycles. The zero-order valence-electron chi connectivity index (χ0n) is 11.4. The molecule has 2 rings (SSSR count). The van der Waals surface area contributed by atoms with E-state index in [0.29, 0.717) is 23.7 Å². The minimum Gasteiger partial charge on any atom is -0.398 e. The molecule has 0 atom stereocenters. The zero-order valence-corrected chi connectivity index (χ0v) is 11.4. The van der Waals surface area contributed by atoms with Crippen molar-refractivity contribution in [3.8, 4) is 0 Å². The predicted octanol–water partition coefficient (Wildman–Crippen LogP) is 0.386. The summed E-state index contributed by atoms with van der Waals surface area (Å²) >= 11 is 0. The first-order valence-corrected chi connectivity index (χ1v) is 6.08. The number of anilines is 1. The summed E-state index contributed by atoms with van der Waals surface area (Å²) in [4.78, 5) is 25.1. The molecule has 7 heteroatoms. The molecule has 2 aromatic heterocycles. The second-order valence-corrected chi connectivity index (χ2v) is 4.61. The number of pyridine rings is 1. The van der Waals surface area contributed by atoms with Gasteiger partial charge in [0.15, 0.2) is 0 Å². The van der Waals surface area contributed by atoms with E-state index in [-0.39, 0.29) is 18.0 Å². The van der Waals surface area contributed by atoms with Gasteiger partial charge in [-0.05, 0) is 13.0 Å². The Labute approximate surface area is 115 Å². The minimum absolute atomic E-state index is 0.0583. The van der Waals surface area contributed by atoms with Crippen LogP contribution in [0.2, 0.25) is 0 Å². The van der Waals surface area contributed by atoms with Gasteiger partial charge in [0.05, 0.1) is 6.54 Å². The lowest BCUT2D eigenvalue weighted by molar-refractivity contribution is -0.131. The lowest BCUT2D eigenvalue weighted by Crippen LogP contribution is -2.33. The first-order valence-electron chi connectivity index (χ1n) is 6.08. The first-order chi connectivity index (χ1) is 9.45. The van der Waals surface area contributed by atoms with Gasteiger partial charge < -0.3 is 19.7 Å². The van der Waals surface area contributed by atoms with Crippen LogP contribution in [0, 0.1) is 6.92 Å². The van der Waals surface area contributed by atoms with Gasteiger partial charge in [-0.3, -0.25) is 9.59 Å². The Morgan fingerprint density at radius 2 is 2.25 bits per heavy atom. The largest absolute Gasteiger partial charge is 0.398 e. The number of aryl methyl sites for hydroxylation is 1. The number of likely N-dealkylation sites (N-methyl/N-ethyl adjacent to an activating group) is 1. The molecule has 1 amide bonds. The molecule has 0 saturated carbocycles. The summed E-state index contributed by atoms with van der Waals surface area (Å²) in [6, 6.07) is 4.60. The molecule has 0 unspecified atom stereocenters. The zero-order chi connectivity index (χ0) is 14.7. The molecule has 7 nitrogen and oxygen atoms in total. The van der Waals surface area contributed by atoms with Crippen molar-refractivity contribution in [2.24, 2.45) is 0 Å². The number of hydrogen-bond acceptors (Lipinski definition) is 5. The Balaban J connectivity index is 2.04. The number of hydrogen-bond donors (Lipinski definition) is 1. The van der Waals surface area contributed by atoms with Crippen LogP contribution in [-0.2, 0) is 17.9 Å². The summed E-state index contributed by atoms with van der Waals surface area (Å²) in [5.74, 6) is 0.478. The van der Waals surface area contributed by atoms with Crippen molar-refractivity contribution in [2.75, 3.05) is 12.8 Å². The molecule has 20 heavy (non-hydrogen) atoms. The third-order valence-corrected chi connectivity index (χ3v) is 2.81. The lowest BCUT2D eigenvalue weighted by atomic mass is 10.3. The van der Waals surface area contributed by atoms with Gasteiger partial charge in [-0.25, -0.2) is 0 Å². The molecule has 0 aliphatic carbocycles. The molecule has 0 radical (unpaired) electrons. The van der Waals surface area contributed by atoms with Crippen molar-refractivity contribution in [1.29, 1.82) is 0 Å². The molecule has 2 N–H and O–H groups in total. The number of rotatable bonds is 4. The van der Waals surface area contributed by atoms with E-state index in [0.717, 1.165) is 0 Å². The van der Waals surface area contributed by atoms with Crippen LogP contribution < -0.4 is 11.3 Å². The monoisotopic (exact) mass is 276 g/mol. The Morgan fingerprint density at radius 1 is 1.50 bits per heavy atom. The van der Waals surface area contributed by atoms with Crippen molar-refractivity contribution in [1.82, 2.24) is 14.6 Å². The van der Waals surface area contributed by atoms with E-state index in [4.69, 9.17) is 10.3 Å². The quantitative estimate of drug-likeness (QED) is 0.871. The molecule has 0 fully saturated rings. The van der Waals surface area contributed by atoms with Crippen LogP contribution in [0.25, 0.3) is 0 Å². The summed E-state index contributed by atoms with van der Waals surface area (Å²) < 4.78 is 6.22. The van der Waals surface area contributed by atoms with Crippen molar-refractivity contribution in [2.45, 2.75) is 20.0 Å². The molecule has 0 aromatic carbocycles. The topological polar surface area (TPSA) is 94.4 Å². The number of nitrogens with zero attached hydrogens (tertiary/aromatic N) is 3. The maximum Gasteiger partial charge on any atom is 0.251 e. The molecule has 2 aromatic rings. The van der Waals surface area contributed by atoms with Crippen molar-refractivity contribution < 1.29 is 9.32 Å². The van der Waals surface area contributed by atoms with Crippen LogP contribution >= 0.6 is 0 Å². The molecule has 0 saturated heterocycles. The SMILES string of the molecule is Cc1cc(CN(C)C(=O)Cn2cc(N)ccc2=O)no1. The molecular weight excluding hydrogens is 260 g/mol. The molecule has 2 heterocycles. The van der Waals surface area contributed by atoms with Gasteiger partial charge in [-0.1, -0.05) is 5.16 Å². The van der Waals surface area contributed by atoms with E-state index in [1.807, 2.05) is 0 Å². The number of carbonyl (C=O) groups excluding carboxylic acids is 1. The van der Waals surface area contributed by atoms with Crippen LogP contribution in [0.1, 0.15) is 11.5 Å². The average Bonchev–Trinajstić information content (AvgIpc) is 2.79. The summed E-state index contributed by atoms with van der Waals surface area (Å²) in [6.07, 6.45) is 1.45. The lowest BCUT2D eigenvalue weighted by Gasteiger charge is -2.16. The fraction of sp³-hybridized carbons (Fsp3) is 0.308. The van der Waals surface area contributed by atoms with Crippen molar-refractivity contribution in [3.05, 3.63) is 46.2 Å². The molecular formula is C13H16N4O3. The van der Waals surface area contributed by atoms with Gasteiger partial charge >= 0.3 is 0 Å². The van der Waals surface area contributed by atoms with E-state index < -0.39 is 0 Å². The van der Waals surface area contributed by atoms with Crippen LogP contribution in [0.15, 0.2) is 33.7 Å². The second-order valence-electron chi connectivity index (χ2n) is 4.61. The number of aromatic nitrogens is 2. The van der Waals surface area contributed by atoms with Gasteiger partial charge in [-0.2, -0.15) is 0 Å². The fourth-order valence-corrected chi connectivity index (χ4v) is 1.76. The highest BCUT2D eigenvalue weighted by molar-refractivity contribution is 5.75. The Kier molecular flexibility index (Phi) is 3.88. The summed E-state index contributed by atoms with van der Waals surface area (Å²) in [5.41, 5.74) is 6.44. The summed E-state index contributed by atoms with van der Waals surface area (Å²) in [6.45, 7) is 2.05. The Hall–Kier alpha value is -2.57. The predicted molar refractivity (Wildman–Crippen MR) is 72.8 cm³/mol. The van der Waals surface area contributed by atoms with E-state index in [1.54, 1.807) is 20.0 Å². The summed E-state index contributed by atoms with van der Waals surface area (Å²) in [7, 11) is 1.64. The van der Waals surface area contributed by atoms with E-state index >= 15 is 0 Å². The number of nitrogen functional groups attached to an aromatic ring is 1. The number of carbonyl (C=O) groups is 1. The highest BCUT2D eigenvalue weighted by Gasteiger charge is 2.12. The van der Waals surface area contributed by atoms with Gasteiger partial charge in [0, 0.05) is 31.1 Å². The molecule has 0 spiro atoms. The summed E-state index contributed by atoms with van der Waals surface area (Å²) in [5, 5.41) is 3.82. The maximum atomic E-state index is 12.1. The fourth-order valence-electron chi connectivity index (χ4n) is 1.76. The van der Waals surface area contributed by atoms with E-state index in [2.05, 4.69) is 5.16 Å². The van der Waals surface area contributed by atoms with Gasteiger partial charge in [0.1, 0.15) is 18.0 Å². The first kappa shape index (κ1) is 13.9. The van der Waals surface area contributed by atoms with E-state index in [1.165, 1.54) is 27.8 Å². The van der Waals surface area contributed by atoms with Crippen LogP contribution in [-0.4, -0.2) is 27.6 Å². The Morgan fingerprint density at radius 3 is 2.90 bits per heavy atom. The van der Waals surface area contributed by atoms with Crippen LogP contribution in [0.5, 0.6) is 0 Å². The van der Waals surface area contributed by atoms with Crippen molar-refractivity contribution in [3.63, 3.8) is 0 Å². The van der Waals surface area contributed by atoms with Gasteiger partial charge in [0.25, 0.3) is 5.56 Å². The van der Waals surface area contributed by atoms with Gasteiger partial charge in [0.2, 0.25) is 5.91 Å². The van der Waals surface area contributed by atoms with E-state index in [9.17, 15) is 9.59 Å². The number of amides is 1. The maximum absolute atomic E-state index is 12.1. The third kappa shape index (κ3) is 3.25. The highest BCUT2D eigenvalue weighted by atomic mass is 16.5. The molecule has 0 bridgehead atoms. The number of nitrogens with two attached hydrogens (primary N) is 1. The Bertz CT molecular complexity index is 674. The smallest absolute Gasteiger partial charge is 0.251 e. The normalized spacial score (nSPS) is 10.5. The van der Waals surface area contributed by atoms with Crippen LogP contribution in [0.3, 0.4) is 0 Å². The highest BCUT2D eigenvalue weighted by Crippen LogP contribution is 2.05. The standard InChI is InChI=1S/C13H16N4O3/c1-9-5-11(15-20-9)7-16(2)13(19)8-17-6-10(14)3-4-12(17)18/h3-6H,7-8,14H2,1-2H3. The third-order valence-electron chi connectivity index (χ3n) is 2.81. The molecule has 0 aliphatic rings. The molecule has 106 valence electrons. The van der Waals surface area contributed by atoms with Gasteiger partial charge in [-0.15, -0.1) is 0 Å². The van der Waals surface area contributed by atoms with Crippen LogP contribution in [0.4, 0.5) is 5.69 Å². The average molecular weight is 276 g/mol. The van der Waals surface area contributed by atoms with Crippen molar-refractivity contribution >= 4 is 11.6 Å². The second kappa shape index (κ2) is 5.60. The minimum atomic E-state index is -0.266.